The van der Waals surface area contributed by atoms with Crippen molar-refractivity contribution in [2.45, 2.75) is 13.8 Å². The highest BCUT2D eigenvalue weighted by Gasteiger charge is 2.20. The highest BCUT2D eigenvalue weighted by molar-refractivity contribution is 5.79. The van der Waals surface area contributed by atoms with Gasteiger partial charge in [-0.05, 0) is 19.1 Å². The van der Waals surface area contributed by atoms with Crippen LogP contribution in [0.5, 0.6) is 17.2 Å². The summed E-state index contributed by atoms with van der Waals surface area (Å²) in [6, 6.07) is 11.9. The lowest BCUT2D eigenvalue weighted by Crippen LogP contribution is -1.96. The molecule has 1 aromatic heterocycles. The van der Waals surface area contributed by atoms with Crippen molar-refractivity contribution in [2.75, 3.05) is 21.3 Å². The minimum atomic E-state index is 0.547. The van der Waals surface area contributed by atoms with Crippen molar-refractivity contribution in [1.82, 2.24) is 4.98 Å². The van der Waals surface area contributed by atoms with E-state index in [1.165, 1.54) is 5.56 Å². The fraction of sp³-hybridized carbons (Fsp3) is 0.250. The first kappa shape index (κ1) is 16.9. The van der Waals surface area contributed by atoms with E-state index in [-0.39, 0.29) is 0 Å². The van der Waals surface area contributed by atoms with Crippen LogP contribution in [0.1, 0.15) is 11.5 Å². The summed E-state index contributed by atoms with van der Waals surface area (Å²) in [6.07, 6.45) is 0. The predicted molar refractivity (Wildman–Crippen MR) is 96.5 cm³/mol. The van der Waals surface area contributed by atoms with Crippen molar-refractivity contribution < 1.29 is 18.6 Å². The molecule has 0 saturated heterocycles. The third-order valence-corrected chi connectivity index (χ3v) is 3.99. The number of methoxy groups -OCH3 is 3. The average Bonchev–Trinajstić information content (AvgIpc) is 3.02. The zero-order valence-electron chi connectivity index (χ0n) is 15.0. The first-order valence-corrected chi connectivity index (χ1v) is 7.92. The van der Waals surface area contributed by atoms with Gasteiger partial charge in [0, 0.05) is 18.1 Å². The quantitative estimate of drug-likeness (QED) is 0.677. The van der Waals surface area contributed by atoms with Crippen LogP contribution in [0, 0.1) is 13.8 Å². The second-order valence-electron chi connectivity index (χ2n) is 5.69. The molecule has 0 aliphatic carbocycles. The lowest BCUT2D eigenvalue weighted by atomic mass is 10.0. The van der Waals surface area contributed by atoms with Crippen molar-refractivity contribution in [3.8, 4) is 39.8 Å². The van der Waals surface area contributed by atoms with E-state index in [2.05, 4.69) is 11.9 Å². The second-order valence-corrected chi connectivity index (χ2v) is 5.69. The first-order chi connectivity index (χ1) is 12.1. The van der Waals surface area contributed by atoms with Crippen LogP contribution in [0.3, 0.4) is 0 Å². The van der Waals surface area contributed by atoms with Crippen LogP contribution in [0.4, 0.5) is 0 Å². The molecule has 0 unspecified atom stereocenters. The van der Waals surface area contributed by atoms with Gasteiger partial charge in [-0.15, -0.1) is 0 Å². The molecule has 0 amide bonds. The van der Waals surface area contributed by atoms with Gasteiger partial charge < -0.3 is 18.6 Å². The minimum absolute atomic E-state index is 0.547. The zero-order chi connectivity index (χ0) is 18.0. The number of ether oxygens (including phenoxy) is 3. The van der Waals surface area contributed by atoms with E-state index in [1.807, 2.05) is 43.3 Å². The molecule has 0 saturated carbocycles. The molecule has 3 aromatic rings. The number of rotatable bonds is 5. The summed E-state index contributed by atoms with van der Waals surface area (Å²) in [7, 11) is 4.77. The van der Waals surface area contributed by atoms with Crippen molar-refractivity contribution in [1.29, 1.82) is 0 Å². The summed E-state index contributed by atoms with van der Waals surface area (Å²) in [5.74, 6) is 3.01. The van der Waals surface area contributed by atoms with E-state index < -0.39 is 0 Å². The summed E-state index contributed by atoms with van der Waals surface area (Å²) in [5, 5.41) is 0. The molecule has 2 aromatic carbocycles. The van der Waals surface area contributed by atoms with Crippen molar-refractivity contribution in [3.63, 3.8) is 0 Å². The highest BCUT2D eigenvalue weighted by Crippen LogP contribution is 2.43. The number of hydrogen-bond donors (Lipinski definition) is 0. The van der Waals surface area contributed by atoms with E-state index in [4.69, 9.17) is 18.6 Å². The molecule has 130 valence electrons. The molecule has 0 bridgehead atoms. The molecule has 5 heteroatoms. The summed E-state index contributed by atoms with van der Waals surface area (Å²) >= 11 is 0. The van der Waals surface area contributed by atoms with Crippen LogP contribution < -0.4 is 14.2 Å². The van der Waals surface area contributed by atoms with Gasteiger partial charge in [0.15, 0.2) is 23.1 Å². The summed E-state index contributed by atoms with van der Waals surface area (Å²) in [4.78, 5) is 4.57. The van der Waals surface area contributed by atoms with E-state index in [0.29, 0.717) is 28.9 Å². The first-order valence-electron chi connectivity index (χ1n) is 7.92. The Morgan fingerprint density at radius 2 is 1.40 bits per heavy atom. The maximum absolute atomic E-state index is 5.87. The standard InChI is InChI=1S/C20H21NO4/c1-12-6-8-14(9-7-12)19-18(21-13(2)25-19)15-10-16(22-3)20(24-5)17(11-15)23-4/h6-11H,1-5H3. The Kier molecular flexibility index (Phi) is 4.65. The van der Waals surface area contributed by atoms with E-state index in [0.717, 1.165) is 16.8 Å². The molecule has 3 rings (SSSR count). The van der Waals surface area contributed by atoms with Gasteiger partial charge in [0.05, 0.1) is 21.3 Å². The van der Waals surface area contributed by atoms with Gasteiger partial charge >= 0.3 is 0 Å². The van der Waals surface area contributed by atoms with E-state index >= 15 is 0 Å². The third kappa shape index (κ3) is 3.18. The monoisotopic (exact) mass is 339 g/mol. The molecular formula is C20H21NO4. The number of aromatic nitrogens is 1. The molecule has 25 heavy (non-hydrogen) atoms. The van der Waals surface area contributed by atoms with Crippen LogP contribution >= 0.6 is 0 Å². The third-order valence-electron chi connectivity index (χ3n) is 3.99. The normalized spacial score (nSPS) is 10.6. The van der Waals surface area contributed by atoms with E-state index in [9.17, 15) is 0 Å². The fourth-order valence-electron chi connectivity index (χ4n) is 2.74. The predicted octanol–water partition coefficient (Wildman–Crippen LogP) is 4.65. The molecule has 0 aliphatic rings. The summed E-state index contributed by atoms with van der Waals surface area (Å²) in [5.41, 5.74) is 3.73. The van der Waals surface area contributed by atoms with Crippen molar-refractivity contribution in [2.24, 2.45) is 0 Å². The van der Waals surface area contributed by atoms with Crippen LogP contribution in [0.2, 0.25) is 0 Å². The fourth-order valence-corrected chi connectivity index (χ4v) is 2.74. The largest absolute Gasteiger partial charge is 0.493 e. The smallest absolute Gasteiger partial charge is 0.203 e. The topological polar surface area (TPSA) is 53.7 Å². The van der Waals surface area contributed by atoms with Crippen molar-refractivity contribution >= 4 is 0 Å². The maximum atomic E-state index is 5.87. The van der Waals surface area contributed by atoms with Gasteiger partial charge in [-0.1, -0.05) is 29.8 Å². The molecule has 5 nitrogen and oxygen atoms in total. The van der Waals surface area contributed by atoms with Crippen LogP contribution in [-0.2, 0) is 0 Å². The maximum Gasteiger partial charge on any atom is 0.203 e. The number of oxazole rings is 1. The molecule has 0 fully saturated rings. The Balaban J connectivity index is 2.19. The average molecular weight is 339 g/mol. The molecule has 0 atom stereocenters. The number of aryl methyl sites for hydroxylation is 2. The van der Waals surface area contributed by atoms with Gasteiger partial charge in [0.2, 0.25) is 5.75 Å². The number of nitrogens with zero attached hydrogens (tertiary/aromatic N) is 1. The SMILES string of the molecule is COc1cc(-c2nc(C)oc2-c2ccc(C)cc2)cc(OC)c1OC. The zero-order valence-corrected chi connectivity index (χ0v) is 15.0. The molecular weight excluding hydrogens is 318 g/mol. The van der Waals surface area contributed by atoms with Crippen LogP contribution in [-0.4, -0.2) is 26.3 Å². The lowest BCUT2D eigenvalue weighted by molar-refractivity contribution is 0.324. The van der Waals surface area contributed by atoms with Gasteiger partial charge in [0.1, 0.15) is 5.69 Å². The van der Waals surface area contributed by atoms with Gasteiger partial charge in [-0.25, -0.2) is 4.98 Å². The van der Waals surface area contributed by atoms with Crippen molar-refractivity contribution in [3.05, 3.63) is 47.9 Å². The molecule has 0 aliphatic heterocycles. The Hall–Kier alpha value is -2.95. The van der Waals surface area contributed by atoms with E-state index in [1.54, 1.807) is 21.3 Å². The lowest BCUT2D eigenvalue weighted by Gasteiger charge is -2.13. The number of benzene rings is 2. The Morgan fingerprint density at radius 3 is 1.92 bits per heavy atom. The summed E-state index contributed by atoms with van der Waals surface area (Å²) in [6.45, 7) is 3.88. The summed E-state index contributed by atoms with van der Waals surface area (Å²) < 4.78 is 22.2. The highest BCUT2D eigenvalue weighted by atomic mass is 16.5. The Morgan fingerprint density at radius 1 is 0.800 bits per heavy atom. The van der Waals surface area contributed by atoms with Gasteiger partial charge in [-0.3, -0.25) is 0 Å². The minimum Gasteiger partial charge on any atom is -0.493 e. The Labute approximate surface area is 147 Å². The van der Waals surface area contributed by atoms with Crippen LogP contribution in [0.25, 0.3) is 22.6 Å². The Bertz CT molecular complexity index is 856. The van der Waals surface area contributed by atoms with Crippen LogP contribution in [0.15, 0.2) is 40.8 Å². The second kappa shape index (κ2) is 6.89. The molecule has 1 heterocycles. The van der Waals surface area contributed by atoms with Gasteiger partial charge in [0.25, 0.3) is 0 Å². The van der Waals surface area contributed by atoms with Gasteiger partial charge in [-0.2, -0.15) is 0 Å². The number of hydrogen-bond acceptors (Lipinski definition) is 5. The molecule has 0 radical (unpaired) electrons. The molecule has 0 spiro atoms. The molecule has 0 N–H and O–H groups in total.